The van der Waals surface area contributed by atoms with Crippen LogP contribution in [-0.2, 0) is 6.61 Å². The number of aryl methyl sites for hydroxylation is 2. The number of nitrogens with one attached hydrogen (secondary N) is 1. The highest BCUT2D eigenvalue weighted by molar-refractivity contribution is 5.65. The molecule has 3 aromatic rings. The molecule has 1 heterocycles. The van der Waals surface area contributed by atoms with E-state index in [1.165, 1.54) is 5.56 Å². The van der Waals surface area contributed by atoms with Gasteiger partial charge in [0.25, 0.3) is 0 Å². The maximum Gasteiger partial charge on any atom is 0.181 e. The van der Waals surface area contributed by atoms with Gasteiger partial charge in [-0.15, -0.1) is 0 Å². The molecule has 0 bridgehead atoms. The Bertz CT molecular complexity index is 777. The average molecular weight is 279 g/mol. The van der Waals surface area contributed by atoms with Crippen LogP contribution >= 0.6 is 0 Å². The number of hydrogen-bond donors (Lipinski definition) is 2. The summed E-state index contributed by atoms with van der Waals surface area (Å²) < 4.78 is 0. The molecule has 0 saturated carbocycles. The van der Waals surface area contributed by atoms with Gasteiger partial charge in [0, 0.05) is 11.1 Å². The van der Waals surface area contributed by atoms with Gasteiger partial charge in [0.05, 0.1) is 6.61 Å². The molecule has 0 aliphatic rings. The number of aliphatic hydroxyl groups is 1. The lowest BCUT2D eigenvalue weighted by Gasteiger charge is -2.03. The van der Waals surface area contributed by atoms with Crippen molar-refractivity contribution in [2.75, 3.05) is 0 Å². The van der Waals surface area contributed by atoms with Crippen molar-refractivity contribution in [1.82, 2.24) is 15.2 Å². The molecule has 21 heavy (non-hydrogen) atoms. The molecule has 4 heteroatoms. The quantitative estimate of drug-likeness (QED) is 0.773. The third-order valence-corrected chi connectivity index (χ3v) is 3.55. The normalized spacial score (nSPS) is 10.8. The van der Waals surface area contributed by atoms with Crippen LogP contribution in [0.2, 0.25) is 0 Å². The number of nitrogens with zero attached hydrogens (tertiary/aromatic N) is 2. The molecule has 0 aliphatic heterocycles. The molecule has 0 fully saturated rings. The molecule has 0 saturated heterocycles. The van der Waals surface area contributed by atoms with E-state index in [4.69, 9.17) is 0 Å². The third-order valence-electron chi connectivity index (χ3n) is 3.55. The van der Waals surface area contributed by atoms with E-state index in [0.717, 1.165) is 28.1 Å². The lowest BCUT2D eigenvalue weighted by Crippen LogP contribution is -1.90. The van der Waals surface area contributed by atoms with Crippen molar-refractivity contribution in [3.05, 3.63) is 59.2 Å². The predicted octanol–water partition coefficient (Wildman–Crippen LogP) is 3.25. The van der Waals surface area contributed by atoms with Crippen LogP contribution in [0.15, 0.2) is 42.5 Å². The minimum absolute atomic E-state index is 0.0242. The summed E-state index contributed by atoms with van der Waals surface area (Å²) in [5.74, 6) is 1.35. The molecule has 2 N–H and O–H groups in total. The fourth-order valence-electron chi connectivity index (χ4n) is 2.46. The molecule has 4 nitrogen and oxygen atoms in total. The number of rotatable bonds is 3. The molecule has 106 valence electrons. The summed E-state index contributed by atoms with van der Waals surface area (Å²) in [6, 6.07) is 13.8. The lowest BCUT2D eigenvalue weighted by atomic mass is 10.1. The number of H-pyrrole nitrogens is 1. The van der Waals surface area contributed by atoms with Gasteiger partial charge in [-0.05, 0) is 25.0 Å². The van der Waals surface area contributed by atoms with E-state index in [9.17, 15) is 5.11 Å². The van der Waals surface area contributed by atoms with Crippen molar-refractivity contribution < 1.29 is 5.11 Å². The number of hydrogen-bond acceptors (Lipinski definition) is 3. The molecule has 0 atom stereocenters. The van der Waals surface area contributed by atoms with Crippen LogP contribution in [0.25, 0.3) is 22.8 Å². The van der Waals surface area contributed by atoms with E-state index in [-0.39, 0.29) is 6.61 Å². The fourth-order valence-corrected chi connectivity index (χ4v) is 2.46. The Morgan fingerprint density at radius 2 is 1.86 bits per heavy atom. The van der Waals surface area contributed by atoms with Gasteiger partial charge in [-0.25, -0.2) is 4.98 Å². The van der Waals surface area contributed by atoms with Crippen molar-refractivity contribution in [1.29, 1.82) is 0 Å². The predicted molar refractivity (Wildman–Crippen MR) is 82.7 cm³/mol. The highest BCUT2D eigenvalue weighted by Crippen LogP contribution is 2.25. The van der Waals surface area contributed by atoms with E-state index in [2.05, 4.69) is 41.2 Å². The van der Waals surface area contributed by atoms with Crippen LogP contribution < -0.4 is 0 Å². The Kier molecular flexibility index (Phi) is 3.54. The second-order valence-electron chi connectivity index (χ2n) is 5.14. The molecule has 2 aromatic carbocycles. The maximum atomic E-state index is 9.41. The number of aromatic nitrogens is 3. The molecule has 3 rings (SSSR count). The highest BCUT2D eigenvalue weighted by atomic mass is 16.3. The van der Waals surface area contributed by atoms with Gasteiger partial charge < -0.3 is 5.11 Å². The zero-order valence-corrected chi connectivity index (χ0v) is 12.1. The maximum absolute atomic E-state index is 9.41. The topological polar surface area (TPSA) is 61.8 Å². The monoisotopic (exact) mass is 279 g/mol. The zero-order chi connectivity index (χ0) is 14.8. The third kappa shape index (κ3) is 2.58. The second-order valence-corrected chi connectivity index (χ2v) is 5.14. The number of aliphatic hydroxyl groups excluding tert-OH is 1. The summed E-state index contributed by atoms with van der Waals surface area (Å²) >= 11 is 0. The van der Waals surface area contributed by atoms with Crippen LogP contribution in [0, 0.1) is 13.8 Å². The molecule has 0 spiro atoms. The number of benzene rings is 2. The Labute approximate surface area is 123 Å². The first-order valence-corrected chi connectivity index (χ1v) is 6.88. The second kappa shape index (κ2) is 5.50. The summed E-state index contributed by atoms with van der Waals surface area (Å²) in [5.41, 5.74) is 5.10. The van der Waals surface area contributed by atoms with Crippen molar-refractivity contribution >= 4 is 0 Å². The van der Waals surface area contributed by atoms with E-state index in [1.807, 2.05) is 30.3 Å². The first-order chi connectivity index (χ1) is 10.2. The Hall–Kier alpha value is -2.46. The van der Waals surface area contributed by atoms with Gasteiger partial charge >= 0.3 is 0 Å². The molecule has 0 radical (unpaired) electrons. The molecule has 0 aliphatic carbocycles. The zero-order valence-electron chi connectivity index (χ0n) is 12.1. The van der Waals surface area contributed by atoms with Gasteiger partial charge in [0.2, 0.25) is 0 Å². The van der Waals surface area contributed by atoms with Crippen LogP contribution in [0.1, 0.15) is 16.7 Å². The standard InChI is InChI=1S/C17H17N3O/c1-11-7-8-14(12(2)9-11)16-18-17(20-19-16)15-6-4-3-5-13(15)10-21/h3-9,21H,10H2,1-2H3,(H,18,19,20). The first kappa shape index (κ1) is 13.5. The minimum Gasteiger partial charge on any atom is -0.392 e. The number of aromatic amines is 1. The molecule has 1 aromatic heterocycles. The fraction of sp³-hybridized carbons (Fsp3) is 0.176. The lowest BCUT2D eigenvalue weighted by molar-refractivity contribution is 0.282. The first-order valence-electron chi connectivity index (χ1n) is 6.88. The van der Waals surface area contributed by atoms with Crippen molar-refractivity contribution in [2.45, 2.75) is 20.5 Å². The van der Waals surface area contributed by atoms with Crippen molar-refractivity contribution in [2.24, 2.45) is 0 Å². The van der Waals surface area contributed by atoms with E-state index < -0.39 is 0 Å². The van der Waals surface area contributed by atoms with Gasteiger partial charge in [0.15, 0.2) is 11.6 Å². The van der Waals surface area contributed by atoms with Crippen LogP contribution in [-0.4, -0.2) is 20.3 Å². The molecule has 0 unspecified atom stereocenters. The van der Waals surface area contributed by atoms with Crippen LogP contribution in [0.4, 0.5) is 0 Å². The largest absolute Gasteiger partial charge is 0.392 e. The van der Waals surface area contributed by atoms with E-state index in [1.54, 1.807) is 0 Å². The molecular weight excluding hydrogens is 262 g/mol. The van der Waals surface area contributed by atoms with Crippen molar-refractivity contribution in [3.63, 3.8) is 0 Å². The summed E-state index contributed by atoms with van der Waals surface area (Å²) in [7, 11) is 0. The van der Waals surface area contributed by atoms with Gasteiger partial charge in [0.1, 0.15) is 0 Å². The van der Waals surface area contributed by atoms with Gasteiger partial charge in [-0.3, -0.25) is 5.10 Å². The summed E-state index contributed by atoms with van der Waals surface area (Å²) in [6.07, 6.45) is 0. The minimum atomic E-state index is -0.0242. The Balaban J connectivity index is 2.04. The highest BCUT2D eigenvalue weighted by Gasteiger charge is 2.12. The SMILES string of the molecule is Cc1ccc(-c2nc(-c3ccccc3CO)n[nH]2)c(C)c1. The Morgan fingerprint density at radius 1 is 1.05 bits per heavy atom. The molecular formula is C17H17N3O. The smallest absolute Gasteiger partial charge is 0.181 e. The summed E-state index contributed by atoms with van der Waals surface area (Å²) in [5, 5.41) is 16.7. The summed E-state index contributed by atoms with van der Waals surface area (Å²) in [4.78, 5) is 4.57. The van der Waals surface area contributed by atoms with Gasteiger partial charge in [-0.2, -0.15) is 5.10 Å². The molecule has 0 amide bonds. The van der Waals surface area contributed by atoms with Crippen LogP contribution in [0.5, 0.6) is 0 Å². The average Bonchev–Trinajstić information content (AvgIpc) is 2.96. The van der Waals surface area contributed by atoms with E-state index in [0.29, 0.717) is 5.82 Å². The van der Waals surface area contributed by atoms with Gasteiger partial charge in [-0.1, -0.05) is 48.0 Å². The summed E-state index contributed by atoms with van der Waals surface area (Å²) in [6.45, 7) is 4.11. The van der Waals surface area contributed by atoms with E-state index >= 15 is 0 Å². The Morgan fingerprint density at radius 3 is 2.62 bits per heavy atom. The van der Waals surface area contributed by atoms with Crippen molar-refractivity contribution in [3.8, 4) is 22.8 Å². The van der Waals surface area contributed by atoms with Crippen LogP contribution in [0.3, 0.4) is 0 Å².